The van der Waals surface area contributed by atoms with Gasteiger partial charge in [0.2, 0.25) is 5.91 Å². The van der Waals surface area contributed by atoms with Crippen LogP contribution in [-0.2, 0) is 4.79 Å². The highest BCUT2D eigenvalue weighted by Gasteiger charge is 2.37. The van der Waals surface area contributed by atoms with Crippen molar-refractivity contribution < 1.29 is 14.3 Å². The van der Waals surface area contributed by atoms with E-state index < -0.39 is 12.1 Å². The van der Waals surface area contributed by atoms with Crippen LogP contribution in [-0.4, -0.2) is 37.5 Å². The first-order chi connectivity index (χ1) is 13.1. The fourth-order valence-electron chi connectivity index (χ4n) is 3.65. The molecular formula is C21H25N3O3. The largest absolute Gasteiger partial charge is 0.497 e. The summed E-state index contributed by atoms with van der Waals surface area (Å²) in [5.41, 5.74) is 2.02. The Morgan fingerprint density at radius 3 is 2.44 bits per heavy atom. The molecule has 27 heavy (non-hydrogen) atoms. The van der Waals surface area contributed by atoms with Gasteiger partial charge in [-0.05, 0) is 42.6 Å². The minimum Gasteiger partial charge on any atom is -0.497 e. The fourth-order valence-corrected chi connectivity index (χ4v) is 3.65. The molecule has 2 N–H and O–H groups in total. The Bertz CT molecular complexity index is 777. The molecule has 1 heterocycles. The maximum Gasteiger partial charge on any atom is 0.321 e. The molecule has 2 atom stereocenters. The van der Waals surface area contributed by atoms with Gasteiger partial charge in [0.1, 0.15) is 11.8 Å². The highest BCUT2D eigenvalue weighted by atomic mass is 16.5. The van der Waals surface area contributed by atoms with Gasteiger partial charge in [-0.15, -0.1) is 0 Å². The summed E-state index contributed by atoms with van der Waals surface area (Å²) in [5, 5.41) is 4.89. The van der Waals surface area contributed by atoms with E-state index in [-0.39, 0.29) is 11.9 Å². The molecule has 0 saturated carbocycles. The molecule has 1 aliphatic heterocycles. The standard InChI is InChI=1S/C21H25N3O3/c1-22-21(26)23-20(25)19(16-7-4-3-5-8-16)24-14-6-9-18(24)15-10-12-17(27-2)13-11-15/h3-5,7-8,10-13,18-19H,6,9,14H2,1-2H3,(H2,22,23,25,26)/t18-,19+/m0/s1. The first-order valence-electron chi connectivity index (χ1n) is 9.11. The summed E-state index contributed by atoms with van der Waals surface area (Å²) >= 11 is 0. The van der Waals surface area contributed by atoms with Crippen LogP contribution in [0.25, 0.3) is 0 Å². The summed E-state index contributed by atoms with van der Waals surface area (Å²) in [6.07, 6.45) is 1.95. The number of likely N-dealkylation sites (tertiary alicyclic amines) is 1. The molecule has 6 heteroatoms. The molecule has 2 aromatic rings. The van der Waals surface area contributed by atoms with Gasteiger partial charge in [-0.25, -0.2) is 4.79 Å². The van der Waals surface area contributed by atoms with Crippen molar-refractivity contribution in [2.45, 2.75) is 24.9 Å². The maximum absolute atomic E-state index is 12.9. The molecule has 0 bridgehead atoms. The average molecular weight is 367 g/mol. The van der Waals surface area contributed by atoms with Gasteiger partial charge in [0.15, 0.2) is 0 Å². The Hall–Kier alpha value is -2.86. The SMILES string of the molecule is CNC(=O)NC(=O)[C@@H](c1ccccc1)N1CCC[C@H]1c1ccc(OC)cc1. The highest BCUT2D eigenvalue weighted by Crippen LogP contribution is 2.39. The topological polar surface area (TPSA) is 70.7 Å². The smallest absolute Gasteiger partial charge is 0.321 e. The molecule has 1 saturated heterocycles. The monoisotopic (exact) mass is 367 g/mol. The summed E-state index contributed by atoms with van der Waals surface area (Å²) in [4.78, 5) is 26.8. The van der Waals surface area contributed by atoms with Crippen LogP contribution < -0.4 is 15.4 Å². The normalized spacial score (nSPS) is 17.9. The first kappa shape index (κ1) is 18.9. The summed E-state index contributed by atoms with van der Waals surface area (Å²) in [6, 6.07) is 16.6. The zero-order valence-electron chi connectivity index (χ0n) is 15.6. The van der Waals surface area contributed by atoms with Crippen molar-refractivity contribution in [2.24, 2.45) is 0 Å². The summed E-state index contributed by atoms with van der Waals surface area (Å²) < 4.78 is 5.25. The van der Waals surface area contributed by atoms with Gasteiger partial charge in [0.25, 0.3) is 0 Å². The molecular weight excluding hydrogens is 342 g/mol. The lowest BCUT2D eigenvalue weighted by atomic mass is 9.99. The van der Waals surface area contributed by atoms with Crippen molar-refractivity contribution in [2.75, 3.05) is 20.7 Å². The van der Waals surface area contributed by atoms with Crippen LogP contribution in [0.3, 0.4) is 0 Å². The van der Waals surface area contributed by atoms with E-state index in [4.69, 9.17) is 4.74 Å². The molecule has 0 aliphatic carbocycles. The van der Waals surface area contributed by atoms with E-state index in [2.05, 4.69) is 15.5 Å². The fraction of sp³-hybridized carbons (Fsp3) is 0.333. The minimum atomic E-state index is -0.530. The third kappa shape index (κ3) is 4.28. The van der Waals surface area contributed by atoms with E-state index in [0.717, 1.165) is 36.3 Å². The predicted molar refractivity (Wildman–Crippen MR) is 103 cm³/mol. The molecule has 0 spiro atoms. The second-order valence-electron chi connectivity index (χ2n) is 6.55. The number of methoxy groups -OCH3 is 1. The third-order valence-corrected chi connectivity index (χ3v) is 4.95. The number of rotatable bonds is 5. The molecule has 3 rings (SSSR count). The third-order valence-electron chi connectivity index (χ3n) is 4.95. The van der Waals surface area contributed by atoms with Crippen LogP contribution >= 0.6 is 0 Å². The second kappa shape index (κ2) is 8.68. The van der Waals surface area contributed by atoms with Gasteiger partial charge in [0, 0.05) is 13.1 Å². The number of imide groups is 1. The van der Waals surface area contributed by atoms with Crippen LogP contribution in [0, 0.1) is 0 Å². The molecule has 2 aromatic carbocycles. The maximum atomic E-state index is 12.9. The molecule has 1 aliphatic rings. The number of amides is 3. The van der Waals surface area contributed by atoms with Crippen LogP contribution in [0.2, 0.25) is 0 Å². The second-order valence-corrected chi connectivity index (χ2v) is 6.55. The Balaban J connectivity index is 1.92. The highest BCUT2D eigenvalue weighted by molar-refractivity contribution is 5.97. The van der Waals surface area contributed by atoms with Crippen molar-refractivity contribution in [3.8, 4) is 5.75 Å². The summed E-state index contributed by atoms with van der Waals surface area (Å²) in [6.45, 7) is 0.789. The zero-order valence-corrected chi connectivity index (χ0v) is 15.6. The van der Waals surface area contributed by atoms with E-state index in [9.17, 15) is 9.59 Å². The van der Waals surface area contributed by atoms with Gasteiger partial charge < -0.3 is 10.1 Å². The molecule has 0 unspecified atom stereocenters. The van der Waals surface area contributed by atoms with E-state index >= 15 is 0 Å². The summed E-state index contributed by atoms with van der Waals surface area (Å²) in [5.74, 6) is 0.487. The molecule has 0 radical (unpaired) electrons. The summed E-state index contributed by atoms with van der Waals surface area (Å²) in [7, 11) is 3.14. The number of hydrogen-bond acceptors (Lipinski definition) is 4. The number of benzene rings is 2. The van der Waals surface area contributed by atoms with Crippen LogP contribution in [0.1, 0.15) is 36.1 Å². The average Bonchev–Trinajstić information content (AvgIpc) is 3.18. The number of nitrogens with one attached hydrogen (secondary N) is 2. The van der Waals surface area contributed by atoms with Crippen molar-refractivity contribution >= 4 is 11.9 Å². The van der Waals surface area contributed by atoms with Gasteiger partial charge in [-0.1, -0.05) is 42.5 Å². The molecule has 6 nitrogen and oxygen atoms in total. The van der Waals surface area contributed by atoms with E-state index in [1.165, 1.54) is 7.05 Å². The lowest BCUT2D eigenvalue weighted by molar-refractivity contribution is -0.126. The Kier molecular flexibility index (Phi) is 6.08. The zero-order chi connectivity index (χ0) is 19.2. The predicted octanol–water partition coefficient (Wildman–Crippen LogP) is 3.03. The minimum absolute atomic E-state index is 0.108. The number of nitrogens with zero attached hydrogens (tertiary/aromatic N) is 1. The Morgan fingerprint density at radius 2 is 1.81 bits per heavy atom. The van der Waals surface area contributed by atoms with E-state index in [0.29, 0.717) is 0 Å². The van der Waals surface area contributed by atoms with Gasteiger partial charge in [0.05, 0.1) is 7.11 Å². The van der Waals surface area contributed by atoms with Gasteiger partial charge in [-0.3, -0.25) is 15.0 Å². The number of urea groups is 1. The lowest BCUT2D eigenvalue weighted by Gasteiger charge is -2.32. The van der Waals surface area contributed by atoms with Gasteiger partial charge in [-0.2, -0.15) is 0 Å². The Labute approximate surface area is 159 Å². The Morgan fingerprint density at radius 1 is 1.11 bits per heavy atom. The number of carbonyl (C=O) groups is 2. The first-order valence-corrected chi connectivity index (χ1v) is 9.11. The molecule has 0 aromatic heterocycles. The molecule has 3 amide bonds. The van der Waals surface area contributed by atoms with Crippen LogP contribution in [0.15, 0.2) is 54.6 Å². The van der Waals surface area contributed by atoms with Crippen molar-refractivity contribution in [3.63, 3.8) is 0 Å². The number of ether oxygens (including phenoxy) is 1. The quantitative estimate of drug-likeness (QED) is 0.852. The lowest BCUT2D eigenvalue weighted by Crippen LogP contribution is -2.45. The molecule has 142 valence electrons. The van der Waals surface area contributed by atoms with Crippen LogP contribution in [0.4, 0.5) is 4.79 Å². The van der Waals surface area contributed by atoms with E-state index in [1.807, 2.05) is 54.6 Å². The van der Waals surface area contributed by atoms with Crippen LogP contribution in [0.5, 0.6) is 5.75 Å². The van der Waals surface area contributed by atoms with Crippen molar-refractivity contribution in [3.05, 3.63) is 65.7 Å². The van der Waals surface area contributed by atoms with Gasteiger partial charge >= 0.3 is 6.03 Å². The number of carbonyl (C=O) groups excluding carboxylic acids is 2. The van der Waals surface area contributed by atoms with Crippen molar-refractivity contribution in [1.29, 1.82) is 0 Å². The number of hydrogen-bond donors (Lipinski definition) is 2. The van der Waals surface area contributed by atoms with Crippen molar-refractivity contribution in [1.82, 2.24) is 15.5 Å². The molecule has 1 fully saturated rings. The van der Waals surface area contributed by atoms with E-state index in [1.54, 1.807) is 7.11 Å².